The van der Waals surface area contributed by atoms with Gasteiger partial charge in [-0.15, -0.1) is 0 Å². The predicted molar refractivity (Wildman–Crippen MR) is 75.1 cm³/mol. The Morgan fingerprint density at radius 1 is 1.35 bits per heavy atom. The van der Waals surface area contributed by atoms with Crippen molar-refractivity contribution in [3.8, 4) is 0 Å². The van der Waals surface area contributed by atoms with E-state index in [4.69, 9.17) is 11.6 Å². The van der Waals surface area contributed by atoms with Crippen LogP contribution in [0.2, 0.25) is 5.15 Å². The number of nitrogens with one attached hydrogen (secondary N) is 1. The van der Waals surface area contributed by atoms with Crippen LogP contribution in [0.4, 0.5) is 0 Å². The summed E-state index contributed by atoms with van der Waals surface area (Å²) in [5.41, 5.74) is -2.54. The van der Waals surface area contributed by atoms with Crippen molar-refractivity contribution in [2.24, 2.45) is 5.41 Å². The SMILES string of the molecule is CC(C)(NS(=O)(=O)c1cccnc1Cl)C(C)(C)C(=O)O. The van der Waals surface area contributed by atoms with Gasteiger partial charge in [0, 0.05) is 11.7 Å². The van der Waals surface area contributed by atoms with E-state index in [-0.39, 0.29) is 10.0 Å². The van der Waals surface area contributed by atoms with E-state index in [1.807, 2.05) is 0 Å². The van der Waals surface area contributed by atoms with Gasteiger partial charge >= 0.3 is 5.97 Å². The monoisotopic (exact) mass is 320 g/mol. The highest BCUT2D eigenvalue weighted by Crippen LogP contribution is 2.32. The number of sulfonamides is 1. The molecule has 1 rings (SSSR count). The third-order valence-electron chi connectivity index (χ3n) is 3.50. The Balaban J connectivity index is 3.21. The van der Waals surface area contributed by atoms with Gasteiger partial charge < -0.3 is 5.11 Å². The minimum Gasteiger partial charge on any atom is -0.481 e. The maximum atomic E-state index is 12.3. The topological polar surface area (TPSA) is 96.4 Å². The Hall–Kier alpha value is -1.18. The number of hydrogen-bond acceptors (Lipinski definition) is 4. The molecule has 0 spiro atoms. The van der Waals surface area contributed by atoms with Crippen LogP contribution in [0.25, 0.3) is 0 Å². The maximum Gasteiger partial charge on any atom is 0.310 e. The molecule has 0 aliphatic rings. The van der Waals surface area contributed by atoms with Crippen LogP contribution in [0.15, 0.2) is 23.2 Å². The van der Waals surface area contributed by atoms with Crippen LogP contribution >= 0.6 is 11.6 Å². The third kappa shape index (κ3) is 3.11. The first kappa shape index (κ1) is 16.9. The van der Waals surface area contributed by atoms with Crippen molar-refractivity contribution in [2.45, 2.75) is 38.1 Å². The second-order valence-electron chi connectivity index (χ2n) is 5.45. The van der Waals surface area contributed by atoms with Gasteiger partial charge in [-0.25, -0.2) is 18.1 Å². The average molecular weight is 321 g/mol. The van der Waals surface area contributed by atoms with Crippen LogP contribution in [0.5, 0.6) is 0 Å². The molecule has 0 bridgehead atoms. The van der Waals surface area contributed by atoms with Gasteiger partial charge in [0.05, 0.1) is 5.41 Å². The lowest BCUT2D eigenvalue weighted by molar-refractivity contribution is -0.150. The van der Waals surface area contributed by atoms with Crippen molar-refractivity contribution in [2.75, 3.05) is 0 Å². The van der Waals surface area contributed by atoms with Gasteiger partial charge in [-0.3, -0.25) is 4.79 Å². The number of aromatic nitrogens is 1. The normalized spacial score (nSPS) is 13.2. The van der Waals surface area contributed by atoms with Crippen LogP contribution in [0.1, 0.15) is 27.7 Å². The van der Waals surface area contributed by atoms with Crippen LogP contribution in [0, 0.1) is 5.41 Å². The summed E-state index contributed by atoms with van der Waals surface area (Å²) in [5.74, 6) is -1.11. The molecule has 0 aliphatic carbocycles. The predicted octanol–water partition coefficient (Wildman–Crippen LogP) is 1.90. The standard InChI is InChI=1S/C12H17ClN2O4S/c1-11(2,10(16)17)12(3,4)15-20(18,19)8-6-5-7-14-9(8)13/h5-7,15H,1-4H3,(H,16,17). The van der Waals surface area contributed by atoms with E-state index in [9.17, 15) is 18.3 Å². The highest BCUT2D eigenvalue weighted by atomic mass is 35.5. The number of pyridine rings is 1. The summed E-state index contributed by atoms with van der Waals surface area (Å²) >= 11 is 5.77. The van der Waals surface area contributed by atoms with Crippen molar-refractivity contribution < 1.29 is 18.3 Å². The van der Waals surface area contributed by atoms with Crippen LogP contribution in [-0.2, 0) is 14.8 Å². The number of carboxylic acid groups (broad SMARTS) is 1. The first-order valence-electron chi connectivity index (χ1n) is 5.80. The average Bonchev–Trinajstić information content (AvgIpc) is 2.27. The first-order valence-corrected chi connectivity index (χ1v) is 7.66. The Morgan fingerprint density at radius 3 is 2.35 bits per heavy atom. The Kier molecular flexibility index (Phi) is 4.48. The highest BCUT2D eigenvalue weighted by molar-refractivity contribution is 7.89. The Labute approximate surface area is 123 Å². The second kappa shape index (κ2) is 5.31. The molecule has 8 heteroatoms. The number of carboxylic acids is 1. The third-order valence-corrected chi connectivity index (χ3v) is 5.60. The molecule has 0 aromatic carbocycles. The van der Waals surface area contributed by atoms with Crippen molar-refractivity contribution in [3.63, 3.8) is 0 Å². The van der Waals surface area contributed by atoms with Crippen molar-refractivity contribution in [3.05, 3.63) is 23.5 Å². The van der Waals surface area contributed by atoms with E-state index in [2.05, 4.69) is 9.71 Å². The molecule has 112 valence electrons. The highest BCUT2D eigenvalue weighted by Gasteiger charge is 2.46. The molecule has 1 aromatic rings. The lowest BCUT2D eigenvalue weighted by Gasteiger charge is -2.38. The van der Waals surface area contributed by atoms with Gasteiger partial charge in [0.15, 0.2) is 0 Å². The number of halogens is 1. The van der Waals surface area contributed by atoms with Crippen molar-refractivity contribution >= 4 is 27.6 Å². The first-order chi connectivity index (χ1) is 8.92. The van der Waals surface area contributed by atoms with E-state index in [0.29, 0.717) is 0 Å². The molecule has 1 heterocycles. The van der Waals surface area contributed by atoms with Crippen LogP contribution < -0.4 is 4.72 Å². The quantitative estimate of drug-likeness (QED) is 0.808. The van der Waals surface area contributed by atoms with Crippen LogP contribution in [-0.4, -0.2) is 30.0 Å². The zero-order chi connectivity index (χ0) is 15.8. The fourth-order valence-corrected chi connectivity index (χ4v) is 3.35. The molecule has 2 N–H and O–H groups in total. The summed E-state index contributed by atoms with van der Waals surface area (Å²) in [7, 11) is -3.97. The number of rotatable bonds is 5. The summed E-state index contributed by atoms with van der Waals surface area (Å²) < 4.78 is 27.0. The molecule has 20 heavy (non-hydrogen) atoms. The summed E-state index contributed by atoms with van der Waals surface area (Å²) in [6, 6.07) is 2.75. The second-order valence-corrected chi connectivity index (χ2v) is 7.46. The van der Waals surface area contributed by atoms with Crippen molar-refractivity contribution in [1.82, 2.24) is 9.71 Å². The van der Waals surface area contributed by atoms with E-state index in [1.54, 1.807) is 0 Å². The largest absolute Gasteiger partial charge is 0.481 e. The number of hydrogen-bond donors (Lipinski definition) is 2. The fraction of sp³-hybridized carbons (Fsp3) is 0.500. The Morgan fingerprint density at radius 2 is 1.90 bits per heavy atom. The maximum absolute atomic E-state index is 12.3. The molecule has 6 nitrogen and oxygen atoms in total. The minimum atomic E-state index is -3.97. The molecule has 0 aliphatic heterocycles. The molecule has 0 amide bonds. The smallest absolute Gasteiger partial charge is 0.310 e. The Bertz CT molecular complexity index is 626. The molecular formula is C12H17ClN2O4S. The summed E-state index contributed by atoms with van der Waals surface area (Å²) in [6.45, 7) is 5.90. The van der Waals surface area contributed by atoms with Crippen molar-refractivity contribution in [1.29, 1.82) is 0 Å². The van der Waals surface area contributed by atoms with E-state index >= 15 is 0 Å². The number of aliphatic carboxylic acids is 1. The molecule has 0 radical (unpaired) electrons. The molecule has 1 aromatic heterocycles. The van der Waals surface area contributed by atoms with E-state index in [0.717, 1.165) is 0 Å². The zero-order valence-corrected chi connectivity index (χ0v) is 13.2. The summed E-state index contributed by atoms with van der Waals surface area (Å²) in [4.78, 5) is 14.8. The molecule has 0 fully saturated rings. The minimum absolute atomic E-state index is 0.163. The molecule has 0 saturated carbocycles. The van der Waals surface area contributed by atoms with E-state index < -0.39 is 26.9 Å². The lowest BCUT2D eigenvalue weighted by atomic mass is 9.75. The van der Waals surface area contributed by atoms with Gasteiger partial charge in [-0.1, -0.05) is 11.6 Å². The van der Waals surface area contributed by atoms with E-state index in [1.165, 1.54) is 46.0 Å². The fourth-order valence-electron chi connectivity index (χ4n) is 1.36. The van der Waals surface area contributed by atoms with Gasteiger partial charge in [0.1, 0.15) is 10.0 Å². The summed E-state index contributed by atoms with van der Waals surface area (Å²) in [5, 5.41) is 9.06. The molecule has 0 unspecified atom stereocenters. The molecular weight excluding hydrogens is 304 g/mol. The molecule has 0 atom stereocenters. The lowest BCUT2D eigenvalue weighted by Crippen LogP contribution is -2.56. The number of carbonyl (C=O) groups is 1. The van der Waals surface area contributed by atoms with Gasteiger partial charge in [-0.2, -0.15) is 0 Å². The van der Waals surface area contributed by atoms with Gasteiger partial charge in [0.25, 0.3) is 0 Å². The number of nitrogens with zero attached hydrogens (tertiary/aromatic N) is 1. The van der Waals surface area contributed by atoms with Gasteiger partial charge in [0.2, 0.25) is 10.0 Å². The van der Waals surface area contributed by atoms with Crippen LogP contribution in [0.3, 0.4) is 0 Å². The zero-order valence-electron chi connectivity index (χ0n) is 11.6. The molecule has 0 saturated heterocycles. The van der Waals surface area contributed by atoms with Gasteiger partial charge in [-0.05, 0) is 39.8 Å². The summed E-state index contributed by atoms with van der Waals surface area (Å²) in [6.07, 6.45) is 1.37.